The predicted molar refractivity (Wildman–Crippen MR) is 66.4 cm³/mol. The van der Waals surface area contributed by atoms with Gasteiger partial charge in [0, 0.05) is 18.0 Å². The summed E-state index contributed by atoms with van der Waals surface area (Å²) in [5.74, 6) is -1.26. The van der Waals surface area contributed by atoms with E-state index in [1.807, 2.05) is 6.92 Å². The maximum absolute atomic E-state index is 11.8. The molecule has 1 aromatic heterocycles. The molecule has 2 heterocycles. The number of amides is 2. The summed E-state index contributed by atoms with van der Waals surface area (Å²) >= 11 is 1.50. The molecule has 0 aromatic carbocycles. The van der Waals surface area contributed by atoms with Crippen LogP contribution >= 0.6 is 11.3 Å². The number of urea groups is 1. The molecule has 0 saturated carbocycles. The summed E-state index contributed by atoms with van der Waals surface area (Å²) in [4.78, 5) is 29.3. The minimum atomic E-state index is -0.830. The first-order valence-corrected chi connectivity index (χ1v) is 6.60. The van der Waals surface area contributed by atoms with Gasteiger partial charge in [0.15, 0.2) is 0 Å². The molecule has 1 unspecified atom stereocenters. The lowest BCUT2D eigenvalue weighted by Crippen LogP contribution is -2.38. The zero-order chi connectivity index (χ0) is 13.1. The standard InChI is InChI=1S/C11H15N3O3S/c1-7-9(18-6-13-7)4-12-11(17)14-3-2-8(5-14)10(15)16/h6,8H,2-5H2,1H3,(H,12,17)(H,15,16). The largest absolute Gasteiger partial charge is 0.481 e. The summed E-state index contributed by atoms with van der Waals surface area (Å²) in [7, 11) is 0. The smallest absolute Gasteiger partial charge is 0.317 e. The van der Waals surface area contributed by atoms with Gasteiger partial charge in [-0.2, -0.15) is 0 Å². The lowest BCUT2D eigenvalue weighted by Gasteiger charge is -2.16. The molecule has 1 fully saturated rings. The molecule has 2 N–H and O–H groups in total. The molecule has 18 heavy (non-hydrogen) atoms. The molecule has 1 atom stereocenters. The summed E-state index contributed by atoms with van der Waals surface area (Å²) in [5, 5.41) is 11.7. The second-order valence-electron chi connectivity index (χ2n) is 4.29. The van der Waals surface area contributed by atoms with Gasteiger partial charge in [0.1, 0.15) is 0 Å². The maximum Gasteiger partial charge on any atom is 0.317 e. The van der Waals surface area contributed by atoms with Gasteiger partial charge in [0.05, 0.1) is 23.7 Å². The van der Waals surface area contributed by atoms with E-state index in [1.165, 1.54) is 11.3 Å². The van der Waals surface area contributed by atoms with Crippen molar-refractivity contribution in [3.8, 4) is 0 Å². The number of hydrogen-bond donors (Lipinski definition) is 2. The van der Waals surface area contributed by atoms with E-state index in [9.17, 15) is 9.59 Å². The number of aromatic nitrogens is 1. The van der Waals surface area contributed by atoms with Crippen LogP contribution < -0.4 is 5.32 Å². The van der Waals surface area contributed by atoms with E-state index >= 15 is 0 Å². The molecular weight excluding hydrogens is 254 g/mol. The van der Waals surface area contributed by atoms with Crippen molar-refractivity contribution in [3.63, 3.8) is 0 Å². The van der Waals surface area contributed by atoms with E-state index in [0.29, 0.717) is 26.1 Å². The molecule has 2 amide bonds. The van der Waals surface area contributed by atoms with Crippen LogP contribution in [0.3, 0.4) is 0 Å². The molecule has 1 aromatic rings. The number of aliphatic carboxylic acids is 1. The summed E-state index contributed by atoms with van der Waals surface area (Å²) < 4.78 is 0. The molecule has 0 radical (unpaired) electrons. The second-order valence-corrected chi connectivity index (χ2v) is 5.23. The monoisotopic (exact) mass is 269 g/mol. The maximum atomic E-state index is 11.8. The third kappa shape index (κ3) is 2.79. The Kier molecular flexibility index (Phi) is 3.81. The van der Waals surface area contributed by atoms with Crippen molar-refractivity contribution in [2.75, 3.05) is 13.1 Å². The molecule has 2 rings (SSSR count). The fourth-order valence-electron chi connectivity index (χ4n) is 1.91. The average molecular weight is 269 g/mol. The number of likely N-dealkylation sites (tertiary alicyclic amines) is 1. The Morgan fingerprint density at radius 2 is 2.44 bits per heavy atom. The number of nitrogens with zero attached hydrogens (tertiary/aromatic N) is 2. The predicted octanol–water partition coefficient (Wildman–Crippen LogP) is 1.07. The fourth-order valence-corrected chi connectivity index (χ4v) is 2.63. The number of carbonyl (C=O) groups excluding carboxylic acids is 1. The molecule has 98 valence electrons. The molecule has 0 spiro atoms. The highest BCUT2D eigenvalue weighted by Gasteiger charge is 2.30. The Morgan fingerprint density at radius 3 is 3.00 bits per heavy atom. The third-order valence-electron chi connectivity index (χ3n) is 3.07. The number of nitrogens with one attached hydrogen (secondary N) is 1. The highest BCUT2D eigenvalue weighted by atomic mass is 32.1. The third-order valence-corrected chi connectivity index (χ3v) is 4.00. The topological polar surface area (TPSA) is 82.5 Å². The number of thiazole rings is 1. The van der Waals surface area contributed by atoms with E-state index in [-0.39, 0.29) is 6.03 Å². The Bertz CT molecular complexity index is 460. The first-order valence-electron chi connectivity index (χ1n) is 5.72. The van der Waals surface area contributed by atoms with Crippen molar-refractivity contribution in [1.82, 2.24) is 15.2 Å². The number of aryl methyl sites for hydroxylation is 1. The zero-order valence-corrected chi connectivity index (χ0v) is 10.9. The van der Waals surface area contributed by atoms with Crippen LogP contribution in [0.25, 0.3) is 0 Å². The van der Waals surface area contributed by atoms with Crippen LogP contribution in [-0.4, -0.2) is 40.1 Å². The quantitative estimate of drug-likeness (QED) is 0.859. The highest BCUT2D eigenvalue weighted by molar-refractivity contribution is 7.09. The number of carboxylic acid groups (broad SMARTS) is 1. The average Bonchev–Trinajstić information content (AvgIpc) is 2.94. The van der Waals surface area contributed by atoms with Gasteiger partial charge in [-0.1, -0.05) is 0 Å². The van der Waals surface area contributed by atoms with Crippen LogP contribution in [-0.2, 0) is 11.3 Å². The first kappa shape index (κ1) is 12.8. The summed E-state index contributed by atoms with van der Waals surface area (Å²) in [6, 6.07) is -0.202. The Labute approximate surface area is 109 Å². The van der Waals surface area contributed by atoms with E-state index < -0.39 is 11.9 Å². The molecular formula is C11H15N3O3S. The van der Waals surface area contributed by atoms with E-state index in [0.717, 1.165) is 10.6 Å². The van der Waals surface area contributed by atoms with Crippen LogP contribution in [0.4, 0.5) is 4.79 Å². The van der Waals surface area contributed by atoms with Gasteiger partial charge < -0.3 is 15.3 Å². The molecule has 0 bridgehead atoms. The zero-order valence-electron chi connectivity index (χ0n) is 10.0. The molecule has 7 heteroatoms. The molecule has 1 aliphatic heterocycles. The fraction of sp³-hybridized carbons (Fsp3) is 0.545. The van der Waals surface area contributed by atoms with Crippen molar-refractivity contribution in [3.05, 3.63) is 16.1 Å². The Hall–Kier alpha value is -1.63. The molecule has 0 aliphatic carbocycles. The van der Waals surface area contributed by atoms with Crippen molar-refractivity contribution in [1.29, 1.82) is 0 Å². The van der Waals surface area contributed by atoms with Gasteiger partial charge >= 0.3 is 12.0 Å². The lowest BCUT2D eigenvalue weighted by molar-refractivity contribution is -0.141. The minimum absolute atomic E-state index is 0.202. The van der Waals surface area contributed by atoms with Gasteiger partial charge in [-0.15, -0.1) is 11.3 Å². The second kappa shape index (κ2) is 5.34. The summed E-state index contributed by atoms with van der Waals surface area (Å²) in [5.41, 5.74) is 2.66. The highest BCUT2D eigenvalue weighted by Crippen LogP contribution is 2.17. The van der Waals surface area contributed by atoms with Crippen molar-refractivity contribution in [2.24, 2.45) is 5.92 Å². The van der Waals surface area contributed by atoms with Crippen molar-refractivity contribution in [2.45, 2.75) is 19.9 Å². The number of hydrogen-bond acceptors (Lipinski definition) is 4. The van der Waals surface area contributed by atoms with Gasteiger partial charge in [-0.3, -0.25) is 4.79 Å². The van der Waals surface area contributed by atoms with Gasteiger partial charge in [0.25, 0.3) is 0 Å². The summed E-state index contributed by atoms with van der Waals surface area (Å²) in [6.45, 7) is 3.14. The van der Waals surface area contributed by atoms with Crippen LogP contribution in [0.15, 0.2) is 5.51 Å². The molecule has 6 nitrogen and oxygen atoms in total. The molecule has 1 saturated heterocycles. The van der Waals surface area contributed by atoms with E-state index in [4.69, 9.17) is 5.11 Å². The van der Waals surface area contributed by atoms with Crippen molar-refractivity contribution < 1.29 is 14.7 Å². The van der Waals surface area contributed by atoms with Crippen LogP contribution in [0.1, 0.15) is 17.0 Å². The first-order chi connectivity index (χ1) is 8.58. The van der Waals surface area contributed by atoms with Crippen LogP contribution in [0, 0.1) is 12.8 Å². The van der Waals surface area contributed by atoms with Crippen molar-refractivity contribution >= 4 is 23.3 Å². The van der Waals surface area contributed by atoms with Crippen LogP contribution in [0.5, 0.6) is 0 Å². The normalized spacial score (nSPS) is 18.9. The summed E-state index contributed by atoms with van der Waals surface area (Å²) in [6.07, 6.45) is 0.530. The van der Waals surface area contributed by atoms with Gasteiger partial charge in [-0.05, 0) is 13.3 Å². The SMILES string of the molecule is Cc1ncsc1CNC(=O)N1CCC(C(=O)O)C1. The number of carbonyl (C=O) groups is 2. The number of carboxylic acids is 1. The Balaban J connectivity index is 1.83. The van der Waals surface area contributed by atoms with E-state index in [1.54, 1.807) is 10.4 Å². The number of rotatable bonds is 3. The minimum Gasteiger partial charge on any atom is -0.481 e. The van der Waals surface area contributed by atoms with E-state index in [2.05, 4.69) is 10.3 Å². The van der Waals surface area contributed by atoms with Gasteiger partial charge in [-0.25, -0.2) is 9.78 Å². The van der Waals surface area contributed by atoms with Gasteiger partial charge in [0.2, 0.25) is 0 Å². The Morgan fingerprint density at radius 1 is 1.67 bits per heavy atom. The molecule has 1 aliphatic rings. The van der Waals surface area contributed by atoms with Crippen LogP contribution in [0.2, 0.25) is 0 Å². The lowest BCUT2D eigenvalue weighted by atomic mass is 10.1.